The summed E-state index contributed by atoms with van der Waals surface area (Å²) in [5.74, 6) is 0.336. The van der Waals surface area contributed by atoms with Gasteiger partial charge >= 0.3 is 0 Å². The van der Waals surface area contributed by atoms with Crippen LogP contribution >= 0.6 is 0 Å². The number of hydrogen-bond donors (Lipinski definition) is 3. The fourth-order valence-electron chi connectivity index (χ4n) is 2.01. The Hall–Kier alpha value is -1.85. The zero-order valence-electron chi connectivity index (χ0n) is 10.5. The van der Waals surface area contributed by atoms with Gasteiger partial charge in [-0.25, -0.2) is 0 Å². The third kappa shape index (κ3) is 3.09. The highest BCUT2D eigenvalue weighted by Gasteiger charge is 2.24. The van der Waals surface area contributed by atoms with Gasteiger partial charge in [0, 0.05) is 24.7 Å². The van der Waals surface area contributed by atoms with Crippen LogP contribution in [-0.4, -0.2) is 28.6 Å². The minimum atomic E-state index is -0.158. The first-order valence-corrected chi connectivity index (χ1v) is 6.31. The van der Waals surface area contributed by atoms with Crippen molar-refractivity contribution < 1.29 is 9.59 Å². The molecule has 0 spiro atoms. The van der Waals surface area contributed by atoms with E-state index in [4.69, 9.17) is 0 Å². The molecule has 1 unspecified atom stereocenters. The summed E-state index contributed by atoms with van der Waals surface area (Å²) >= 11 is 0. The number of piperidine rings is 1. The van der Waals surface area contributed by atoms with Gasteiger partial charge in [-0.2, -0.15) is 5.10 Å². The van der Waals surface area contributed by atoms with Gasteiger partial charge in [-0.15, -0.1) is 0 Å². The number of rotatable bonds is 4. The van der Waals surface area contributed by atoms with Crippen molar-refractivity contribution in [3.8, 4) is 0 Å². The molecule has 1 atom stereocenters. The van der Waals surface area contributed by atoms with Crippen molar-refractivity contribution in [2.45, 2.75) is 32.6 Å². The molecule has 1 aliphatic heterocycles. The molecular formula is C12H18N4O2. The number of carbonyl (C=O) groups is 2. The van der Waals surface area contributed by atoms with Crippen molar-refractivity contribution in [1.29, 1.82) is 0 Å². The van der Waals surface area contributed by atoms with E-state index in [1.54, 1.807) is 0 Å². The van der Waals surface area contributed by atoms with Crippen LogP contribution in [0.15, 0.2) is 6.07 Å². The Balaban J connectivity index is 1.88. The lowest BCUT2D eigenvalue weighted by Crippen LogP contribution is -2.40. The van der Waals surface area contributed by atoms with Gasteiger partial charge in [-0.3, -0.25) is 14.7 Å². The van der Waals surface area contributed by atoms with Gasteiger partial charge in [0.05, 0.1) is 5.92 Å². The smallest absolute Gasteiger partial charge is 0.230 e. The van der Waals surface area contributed by atoms with E-state index in [1.165, 1.54) is 0 Å². The molecule has 0 saturated carbocycles. The molecule has 1 saturated heterocycles. The van der Waals surface area contributed by atoms with Crippen LogP contribution in [0.1, 0.15) is 31.9 Å². The predicted molar refractivity (Wildman–Crippen MR) is 66.9 cm³/mol. The normalized spacial score (nSPS) is 19.4. The third-order valence-corrected chi connectivity index (χ3v) is 3.04. The van der Waals surface area contributed by atoms with Gasteiger partial charge in [-0.05, 0) is 12.8 Å². The van der Waals surface area contributed by atoms with Crippen molar-refractivity contribution in [3.05, 3.63) is 11.8 Å². The van der Waals surface area contributed by atoms with Crippen LogP contribution < -0.4 is 10.6 Å². The second-order valence-electron chi connectivity index (χ2n) is 4.56. The highest BCUT2D eigenvalue weighted by Crippen LogP contribution is 2.14. The quantitative estimate of drug-likeness (QED) is 0.739. The molecule has 0 aromatic carbocycles. The van der Waals surface area contributed by atoms with Gasteiger partial charge < -0.3 is 10.6 Å². The van der Waals surface area contributed by atoms with Crippen molar-refractivity contribution >= 4 is 17.6 Å². The average Bonchev–Trinajstić information content (AvgIpc) is 2.78. The summed E-state index contributed by atoms with van der Waals surface area (Å²) in [6.45, 7) is 2.50. The number of H-pyrrole nitrogens is 1. The van der Waals surface area contributed by atoms with Crippen molar-refractivity contribution in [2.75, 3.05) is 11.9 Å². The number of anilines is 1. The average molecular weight is 250 g/mol. The van der Waals surface area contributed by atoms with E-state index in [0.717, 1.165) is 18.5 Å². The molecule has 1 fully saturated rings. The predicted octanol–water partition coefficient (Wildman–Crippen LogP) is 0.827. The maximum atomic E-state index is 11.9. The van der Waals surface area contributed by atoms with E-state index in [0.29, 0.717) is 25.2 Å². The zero-order chi connectivity index (χ0) is 13.0. The lowest BCUT2D eigenvalue weighted by Gasteiger charge is -2.20. The van der Waals surface area contributed by atoms with E-state index in [-0.39, 0.29) is 17.7 Å². The van der Waals surface area contributed by atoms with Crippen LogP contribution in [0.25, 0.3) is 0 Å². The number of nitrogens with zero attached hydrogens (tertiary/aromatic N) is 1. The monoisotopic (exact) mass is 250 g/mol. The van der Waals surface area contributed by atoms with E-state index in [1.807, 2.05) is 6.07 Å². The van der Waals surface area contributed by atoms with E-state index in [2.05, 4.69) is 27.8 Å². The standard InChI is InChI=1S/C12H18N4O2/c1-2-3-9-6-10(16-15-9)14-12(18)8-4-5-11(17)13-7-8/h6,8H,2-5,7H2,1H3,(H,13,17)(H2,14,15,16,18). The molecule has 3 N–H and O–H groups in total. The Morgan fingerprint density at radius 2 is 2.44 bits per heavy atom. The Kier molecular flexibility index (Phi) is 3.96. The molecule has 6 heteroatoms. The number of amides is 2. The lowest BCUT2D eigenvalue weighted by molar-refractivity contribution is -0.126. The molecule has 2 amide bonds. The minimum Gasteiger partial charge on any atom is -0.355 e. The molecule has 1 aromatic heterocycles. The summed E-state index contributed by atoms with van der Waals surface area (Å²) in [4.78, 5) is 22.9. The molecule has 1 aliphatic rings. The van der Waals surface area contributed by atoms with Crippen LogP contribution in [0.3, 0.4) is 0 Å². The van der Waals surface area contributed by atoms with E-state index >= 15 is 0 Å². The molecule has 6 nitrogen and oxygen atoms in total. The topological polar surface area (TPSA) is 86.9 Å². The summed E-state index contributed by atoms with van der Waals surface area (Å²) < 4.78 is 0. The molecule has 2 rings (SSSR count). The number of hydrogen-bond acceptors (Lipinski definition) is 3. The molecular weight excluding hydrogens is 232 g/mol. The second-order valence-corrected chi connectivity index (χ2v) is 4.56. The number of carbonyl (C=O) groups excluding carboxylic acids is 2. The molecule has 18 heavy (non-hydrogen) atoms. The molecule has 0 aliphatic carbocycles. The van der Waals surface area contributed by atoms with Crippen LogP contribution in [0.4, 0.5) is 5.82 Å². The van der Waals surface area contributed by atoms with Gasteiger partial charge in [0.15, 0.2) is 5.82 Å². The SMILES string of the molecule is CCCc1cc(NC(=O)C2CCC(=O)NC2)n[nH]1. The zero-order valence-corrected chi connectivity index (χ0v) is 10.5. The van der Waals surface area contributed by atoms with Crippen LogP contribution in [0.2, 0.25) is 0 Å². The molecule has 0 radical (unpaired) electrons. The van der Waals surface area contributed by atoms with E-state index in [9.17, 15) is 9.59 Å². The number of aromatic amines is 1. The van der Waals surface area contributed by atoms with Crippen molar-refractivity contribution in [3.63, 3.8) is 0 Å². The van der Waals surface area contributed by atoms with Gasteiger partial charge in [0.2, 0.25) is 11.8 Å². The fourth-order valence-corrected chi connectivity index (χ4v) is 2.01. The number of aryl methyl sites for hydroxylation is 1. The van der Waals surface area contributed by atoms with Gasteiger partial charge in [0.25, 0.3) is 0 Å². The van der Waals surface area contributed by atoms with Crippen LogP contribution in [0.5, 0.6) is 0 Å². The Morgan fingerprint density at radius 3 is 3.11 bits per heavy atom. The molecule has 1 aromatic rings. The molecule has 98 valence electrons. The maximum Gasteiger partial charge on any atom is 0.230 e. The van der Waals surface area contributed by atoms with Gasteiger partial charge in [0.1, 0.15) is 0 Å². The second kappa shape index (κ2) is 5.66. The summed E-state index contributed by atoms with van der Waals surface area (Å²) in [6.07, 6.45) is 2.97. The summed E-state index contributed by atoms with van der Waals surface area (Å²) in [7, 11) is 0. The Labute approximate surface area is 106 Å². The Bertz CT molecular complexity index is 431. The van der Waals surface area contributed by atoms with E-state index < -0.39 is 0 Å². The van der Waals surface area contributed by atoms with Gasteiger partial charge in [-0.1, -0.05) is 13.3 Å². The fraction of sp³-hybridized carbons (Fsp3) is 0.583. The molecule has 0 bridgehead atoms. The highest BCUT2D eigenvalue weighted by atomic mass is 16.2. The first-order chi connectivity index (χ1) is 8.69. The Morgan fingerprint density at radius 1 is 1.61 bits per heavy atom. The van der Waals surface area contributed by atoms with Crippen molar-refractivity contribution in [2.24, 2.45) is 5.92 Å². The summed E-state index contributed by atoms with van der Waals surface area (Å²) in [5.41, 5.74) is 1.02. The maximum absolute atomic E-state index is 11.9. The van der Waals surface area contributed by atoms with Crippen molar-refractivity contribution in [1.82, 2.24) is 15.5 Å². The first-order valence-electron chi connectivity index (χ1n) is 6.31. The molecule has 2 heterocycles. The largest absolute Gasteiger partial charge is 0.355 e. The minimum absolute atomic E-state index is 0.0176. The highest BCUT2D eigenvalue weighted by molar-refractivity contribution is 5.93. The number of nitrogens with one attached hydrogen (secondary N) is 3. The number of aromatic nitrogens is 2. The van der Waals surface area contributed by atoms with Crippen LogP contribution in [-0.2, 0) is 16.0 Å². The lowest BCUT2D eigenvalue weighted by atomic mass is 9.98. The summed E-state index contributed by atoms with van der Waals surface area (Å²) in [6, 6.07) is 1.85. The first kappa shape index (κ1) is 12.6. The van der Waals surface area contributed by atoms with Crippen LogP contribution in [0, 0.1) is 5.92 Å². The summed E-state index contributed by atoms with van der Waals surface area (Å²) in [5, 5.41) is 12.4. The third-order valence-electron chi connectivity index (χ3n) is 3.04.